The molecule has 0 bridgehead atoms. The van der Waals surface area contributed by atoms with Crippen LogP contribution < -0.4 is 5.32 Å². The summed E-state index contributed by atoms with van der Waals surface area (Å²) in [6.07, 6.45) is 9.60. The summed E-state index contributed by atoms with van der Waals surface area (Å²) in [6.45, 7) is 3.55. The number of rotatable bonds is 7. The van der Waals surface area contributed by atoms with Crippen LogP contribution in [0.5, 0.6) is 0 Å². The van der Waals surface area contributed by atoms with Crippen molar-refractivity contribution in [2.24, 2.45) is 5.92 Å². The zero-order valence-electron chi connectivity index (χ0n) is 11.7. The molecule has 18 heavy (non-hydrogen) atoms. The highest BCUT2D eigenvalue weighted by atomic mass is 14.9. The lowest BCUT2D eigenvalue weighted by Crippen LogP contribution is -2.32. The number of hydrogen-bond donors (Lipinski definition) is 1. The first-order valence-electron chi connectivity index (χ1n) is 7.63. The summed E-state index contributed by atoms with van der Waals surface area (Å²) in [7, 11) is 0. The van der Waals surface area contributed by atoms with Gasteiger partial charge < -0.3 is 5.32 Å². The first-order valence-corrected chi connectivity index (χ1v) is 7.63. The van der Waals surface area contributed by atoms with E-state index in [0.29, 0.717) is 0 Å². The van der Waals surface area contributed by atoms with Gasteiger partial charge in [0.15, 0.2) is 0 Å². The van der Waals surface area contributed by atoms with Crippen LogP contribution in [0.4, 0.5) is 0 Å². The van der Waals surface area contributed by atoms with E-state index in [2.05, 4.69) is 42.6 Å². The Hall–Kier alpha value is -0.820. The van der Waals surface area contributed by atoms with E-state index in [4.69, 9.17) is 0 Å². The van der Waals surface area contributed by atoms with Crippen LogP contribution in [0.1, 0.15) is 51.0 Å². The molecule has 1 heteroatoms. The van der Waals surface area contributed by atoms with Crippen LogP contribution in [0, 0.1) is 5.92 Å². The lowest BCUT2D eigenvalue weighted by Gasteiger charge is -2.20. The molecule has 0 saturated heterocycles. The van der Waals surface area contributed by atoms with Gasteiger partial charge in [-0.05, 0) is 57.1 Å². The Bertz CT molecular complexity index is 314. The van der Waals surface area contributed by atoms with Crippen LogP contribution in [-0.2, 0) is 6.42 Å². The van der Waals surface area contributed by atoms with Gasteiger partial charge in [-0.25, -0.2) is 0 Å². The Balaban J connectivity index is 1.53. The highest BCUT2D eigenvalue weighted by Gasteiger charge is 2.20. The topological polar surface area (TPSA) is 12.0 Å². The first kappa shape index (κ1) is 13.6. The van der Waals surface area contributed by atoms with Crippen molar-refractivity contribution >= 4 is 0 Å². The number of unbranched alkanes of at least 4 members (excludes halogenated alkanes) is 1. The molecule has 1 aromatic rings. The highest BCUT2D eigenvalue weighted by Crippen LogP contribution is 2.27. The predicted molar refractivity (Wildman–Crippen MR) is 78.8 cm³/mol. The Kier molecular flexibility index (Phi) is 5.73. The second-order valence-electron chi connectivity index (χ2n) is 5.73. The maximum absolute atomic E-state index is 3.71. The van der Waals surface area contributed by atoms with Gasteiger partial charge in [-0.1, -0.05) is 43.2 Å². The normalized spacial score (nSPS) is 18.1. The average Bonchev–Trinajstić information content (AvgIpc) is 2.93. The molecule has 1 fully saturated rings. The summed E-state index contributed by atoms with van der Waals surface area (Å²) in [6, 6.07) is 11.5. The summed E-state index contributed by atoms with van der Waals surface area (Å²) in [4.78, 5) is 0. The van der Waals surface area contributed by atoms with Gasteiger partial charge in [0.1, 0.15) is 0 Å². The van der Waals surface area contributed by atoms with Crippen molar-refractivity contribution in [3.05, 3.63) is 35.9 Å². The fourth-order valence-electron chi connectivity index (χ4n) is 3.05. The first-order chi connectivity index (χ1) is 8.86. The molecule has 2 rings (SSSR count). The van der Waals surface area contributed by atoms with E-state index in [1.165, 1.54) is 57.1 Å². The van der Waals surface area contributed by atoms with Gasteiger partial charge >= 0.3 is 0 Å². The summed E-state index contributed by atoms with van der Waals surface area (Å²) in [5.74, 6) is 0.944. The molecule has 100 valence electrons. The van der Waals surface area contributed by atoms with Gasteiger partial charge in [0.2, 0.25) is 0 Å². The van der Waals surface area contributed by atoms with Crippen molar-refractivity contribution in [3.63, 3.8) is 0 Å². The molecule has 1 unspecified atom stereocenters. The monoisotopic (exact) mass is 245 g/mol. The lowest BCUT2D eigenvalue weighted by atomic mass is 9.99. The van der Waals surface area contributed by atoms with E-state index in [0.717, 1.165) is 12.0 Å². The van der Waals surface area contributed by atoms with E-state index in [1.54, 1.807) is 0 Å². The second-order valence-corrected chi connectivity index (χ2v) is 5.73. The van der Waals surface area contributed by atoms with Crippen LogP contribution in [0.3, 0.4) is 0 Å². The van der Waals surface area contributed by atoms with Crippen LogP contribution in [0.25, 0.3) is 0 Å². The summed E-state index contributed by atoms with van der Waals surface area (Å²) in [5.41, 5.74) is 1.47. The van der Waals surface area contributed by atoms with Crippen molar-refractivity contribution in [2.45, 2.75) is 57.9 Å². The van der Waals surface area contributed by atoms with Gasteiger partial charge in [0.05, 0.1) is 0 Å². The molecule has 0 aromatic heterocycles. The highest BCUT2D eigenvalue weighted by molar-refractivity contribution is 5.14. The third-order valence-electron chi connectivity index (χ3n) is 4.31. The zero-order chi connectivity index (χ0) is 12.6. The van der Waals surface area contributed by atoms with Crippen LogP contribution in [0.15, 0.2) is 30.3 Å². The van der Waals surface area contributed by atoms with Crippen LogP contribution in [0.2, 0.25) is 0 Å². The number of hydrogen-bond acceptors (Lipinski definition) is 1. The predicted octanol–water partition coefficient (Wildman–Crippen LogP) is 4.18. The Morgan fingerprint density at radius 3 is 2.56 bits per heavy atom. The number of benzene rings is 1. The quantitative estimate of drug-likeness (QED) is 0.711. The fourth-order valence-corrected chi connectivity index (χ4v) is 3.05. The Labute approximate surface area is 112 Å². The van der Waals surface area contributed by atoms with Gasteiger partial charge in [-0.15, -0.1) is 0 Å². The Morgan fingerprint density at radius 2 is 1.83 bits per heavy atom. The Morgan fingerprint density at radius 1 is 1.11 bits per heavy atom. The molecule has 1 aromatic carbocycles. The largest absolute Gasteiger partial charge is 0.314 e. The van der Waals surface area contributed by atoms with E-state index in [1.807, 2.05) is 0 Å². The van der Waals surface area contributed by atoms with Crippen molar-refractivity contribution < 1.29 is 0 Å². The molecule has 1 N–H and O–H groups in total. The third kappa shape index (κ3) is 4.45. The van der Waals surface area contributed by atoms with Gasteiger partial charge in [0.25, 0.3) is 0 Å². The second kappa shape index (κ2) is 7.58. The smallest absolute Gasteiger partial charge is 0.00669 e. The summed E-state index contributed by atoms with van der Waals surface area (Å²) >= 11 is 0. The number of aryl methyl sites for hydroxylation is 1. The average molecular weight is 245 g/mol. The maximum Gasteiger partial charge on any atom is 0.00669 e. The van der Waals surface area contributed by atoms with Gasteiger partial charge in [-0.2, -0.15) is 0 Å². The minimum Gasteiger partial charge on any atom is -0.314 e. The van der Waals surface area contributed by atoms with Crippen molar-refractivity contribution in [1.82, 2.24) is 5.32 Å². The molecule has 0 radical (unpaired) electrons. The minimum atomic E-state index is 0.726. The van der Waals surface area contributed by atoms with E-state index < -0.39 is 0 Å². The van der Waals surface area contributed by atoms with E-state index in [9.17, 15) is 0 Å². The van der Waals surface area contributed by atoms with Gasteiger partial charge in [-0.3, -0.25) is 0 Å². The van der Waals surface area contributed by atoms with E-state index >= 15 is 0 Å². The minimum absolute atomic E-state index is 0.726. The van der Waals surface area contributed by atoms with Crippen LogP contribution >= 0.6 is 0 Å². The molecule has 0 amide bonds. The van der Waals surface area contributed by atoms with Crippen molar-refractivity contribution in [1.29, 1.82) is 0 Å². The number of nitrogens with one attached hydrogen (secondary N) is 1. The van der Waals surface area contributed by atoms with Crippen molar-refractivity contribution in [2.75, 3.05) is 6.54 Å². The molecular weight excluding hydrogens is 218 g/mol. The SMILES string of the molecule is CC(NCCCCc1ccccc1)C1CCCC1. The molecule has 1 aliphatic carbocycles. The zero-order valence-corrected chi connectivity index (χ0v) is 11.7. The molecule has 1 atom stereocenters. The molecule has 0 aliphatic heterocycles. The fraction of sp³-hybridized carbons (Fsp3) is 0.647. The molecule has 1 saturated carbocycles. The van der Waals surface area contributed by atoms with Crippen molar-refractivity contribution in [3.8, 4) is 0 Å². The molecule has 0 heterocycles. The molecular formula is C17H27N. The third-order valence-corrected chi connectivity index (χ3v) is 4.31. The lowest BCUT2D eigenvalue weighted by molar-refractivity contribution is 0.379. The molecule has 1 aliphatic rings. The standard InChI is InChI=1S/C17H27N/c1-15(17-12-5-6-13-17)18-14-8-7-11-16-9-3-2-4-10-16/h2-4,9-10,15,17-18H,5-8,11-14H2,1H3. The molecule has 1 nitrogen and oxygen atoms in total. The summed E-state index contributed by atoms with van der Waals surface area (Å²) in [5, 5.41) is 3.71. The summed E-state index contributed by atoms with van der Waals surface area (Å²) < 4.78 is 0. The van der Waals surface area contributed by atoms with Crippen LogP contribution in [-0.4, -0.2) is 12.6 Å². The molecule has 0 spiro atoms. The van der Waals surface area contributed by atoms with Gasteiger partial charge in [0, 0.05) is 6.04 Å². The maximum atomic E-state index is 3.71. The van der Waals surface area contributed by atoms with E-state index in [-0.39, 0.29) is 0 Å².